The van der Waals surface area contributed by atoms with Gasteiger partial charge in [0.2, 0.25) is 8.32 Å². The lowest BCUT2D eigenvalue weighted by Crippen LogP contribution is -2.58. The van der Waals surface area contributed by atoms with E-state index in [1.807, 2.05) is 0 Å². The predicted molar refractivity (Wildman–Crippen MR) is 64.7 cm³/mol. The van der Waals surface area contributed by atoms with Crippen LogP contribution in [0.2, 0.25) is 12.6 Å². The zero-order valence-electron chi connectivity index (χ0n) is 10.5. The highest BCUT2D eigenvalue weighted by Gasteiger charge is 2.52. The van der Waals surface area contributed by atoms with Crippen molar-refractivity contribution < 1.29 is 4.43 Å². The van der Waals surface area contributed by atoms with E-state index in [0.29, 0.717) is 5.92 Å². The maximum Gasteiger partial charge on any atom is 0.214 e. The van der Waals surface area contributed by atoms with Crippen LogP contribution >= 0.6 is 0 Å². The zero-order chi connectivity index (χ0) is 11.2. The summed E-state index contributed by atoms with van der Waals surface area (Å²) in [6, 6.07) is 1.20. The van der Waals surface area contributed by atoms with Gasteiger partial charge in [0.25, 0.3) is 0 Å². The summed E-state index contributed by atoms with van der Waals surface area (Å²) >= 11 is 0. The van der Waals surface area contributed by atoms with Crippen molar-refractivity contribution in [1.82, 2.24) is 0 Å². The Morgan fingerprint density at radius 3 is 2.21 bits per heavy atom. The predicted octanol–water partition coefficient (Wildman–Crippen LogP) is 3.76. The lowest BCUT2D eigenvalue weighted by atomic mass is 9.69. The highest BCUT2D eigenvalue weighted by Crippen LogP contribution is 2.50. The first-order chi connectivity index (χ1) is 6.15. The molecule has 1 aliphatic heterocycles. The third-order valence-corrected chi connectivity index (χ3v) is 7.68. The molecule has 82 valence electrons. The molecule has 1 aliphatic rings. The minimum atomic E-state index is -1.63. The molecule has 0 N–H and O–H groups in total. The quantitative estimate of drug-likeness (QED) is 0.601. The Morgan fingerprint density at radius 2 is 1.86 bits per heavy atom. The molecule has 1 nitrogen and oxygen atoms in total. The van der Waals surface area contributed by atoms with Crippen molar-refractivity contribution in [2.24, 2.45) is 11.3 Å². The van der Waals surface area contributed by atoms with Crippen molar-refractivity contribution in [2.45, 2.75) is 52.8 Å². The third kappa shape index (κ3) is 1.70. The molecule has 0 amide bonds. The van der Waals surface area contributed by atoms with E-state index in [1.165, 1.54) is 6.04 Å². The molecule has 2 atom stereocenters. The molecule has 1 rings (SSSR count). The average Bonchev–Trinajstić information content (AvgIpc) is 2.00. The van der Waals surface area contributed by atoms with Crippen molar-refractivity contribution >= 4 is 8.32 Å². The summed E-state index contributed by atoms with van der Waals surface area (Å²) in [5, 5.41) is 0. The summed E-state index contributed by atoms with van der Waals surface area (Å²) in [5.41, 5.74) is 2.31. The second-order valence-corrected chi connectivity index (χ2v) is 9.60. The van der Waals surface area contributed by atoms with Crippen LogP contribution < -0.4 is 0 Å². The van der Waals surface area contributed by atoms with Crippen LogP contribution in [0.15, 0.2) is 12.3 Å². The summed E-state index contributed by atoms with van der Waals surface area (Å²) in [5.74, 6) is 0.709. The molecule has 2 heteroatoms. The fourth-order valence-corrected chi connectivity index (χ4v) is 5.83. The minimum absolute atomic E-state index is 0.0279. The summed E-state index contributed by atoms with van der Waals surface area (Å²) in [6.07, 6.45) is 0. The molecule has 0 radical (unpaired) electrons. The largest absolute Gasteiger partial charge is 0.408 e. The molecule has 14 heavy (non-hydrogen) atoms. The van der Waals surface area contributed by atoms with Crippen LogP contribution in [0.3, 0.4) is 0 Å². The van der Waals surface area contributed by atoms with Crippen molar-refractivity contribution in [3.63, 3.8) is 0 Å². The molecule has 1 saturated heterocycles. The van der Waals surface area contributed by atoms with Crippen molar-refractivity contribution in [3.8, 4) is 0 Å². The second-order valence-electron chi connectivity index (χ2n) is 5.96. The lowest BCUT2D eigenvalue weighted by molar-refractivity contribution is -0.0668. The topological polar surface area (TPSA) is 9.23 Å². The van der Waals surface area contributed by atoms with Gasteiger partial charge in [-0.05, 0) is 37.8 Å². The van der Waals surface area contributed by atoms with Crippen molar-refractivity contribution in [1.29, 1.82) is 0 Å². The molecule has 1 heterocycles. The smallest absolute Gasteiger partial charge is 0.214 e. The summed E-state index contributed by atoms with van der Waals surface area (Å²) < 4.78 is 6.32. The van der Waals surface area contributed by atoms with E-state index in [1.54, 1.807) is 0 Å². The van der Waals surface area contributed by atoms with Crippen LogP contribution in [-0.2, 0) is 4.43 Å². The van der Waals surface area contributed by atoms with E-state index in [0.717, 1.165) is 0 Å². The van der Waals surface area contributed by atoms with Gasteiger partial charge in [0.15, 0.2) is 0 Å². The molecule has 0 aromatic rings. The van der Waals surface area contributed by atoms with Gasteiger partial charge in [0.1, 0.15) is 0 Å². The maximum absolute atomic E-state index is 6.32. The standard InChI is InChI=1S/C12H24OSi/c1-8-14(7)9-10(2)11(3,4)12(5,6)13-14/h8,10H,1,9H2,2-7H3. The van der Waals surface area contributed by atoms with Gasteiger partial charge in [-0.25, -0.2) is 0 Å². The van der Waals surface area contributed by atoms with Crippen molar-refractivity contribution in [3.05, 3.63) is 12.3 Å². The molecule has 0 aromatic heterocycles. The van der Waals surface area contributed by atoms with Gasteiger partial charge in [-0.1, -0.05) is 26.5 Å². The number of rotatable bonds is 1. The molecular formula is C12H24OSi. The Morgan fingerprint density at radius 1 is 1.36 bits per heavy atom. The molecule has 0 spiro atoms. The molecule has 2 unspecified atom stereocenters. The Balaban J connectivity index is 3.02. The van der Waals surface area contributed by atoms with Crippen LogP contribution in [0.4, 0.5) is 0 Å². The summed E-state index contributed by atoms with van der Waals surface area (Å²) in [4.78, 5) is 0. The highest BCUT2D eigenvalue weighted by atomic mass is 28.4. The first-order valence-electron chi connectivity index (χ1n) is 5.48. The molecule has 0 saturated carbocycles. The van der Waals surface area contributed by atoms with Crippen LogP contribution in [-0.4, -0.2) is 13.9 Å². The summed E-state index contributed by atoms with van der Waals surface area (Å²) in [7, 11) is -1.63. The van der Waals surface area contributed by atoms with Crippen LogP contribution in [0.5, 0.6) is 0 Å². The maximum atomic E-state index is 6.32. The molecule has 1 fully saturated rings. The Kier molecular flexibility index (Phi) is 2.75. The zero-order valence-corrected chi connectivity index (χ0v) is 11.5. The SMILES string of the molecule is C=C[Si]1(C)CC(C)C(C)(C)C(C)(C)O1. The van der Waals surface area contributed by atoms with E-state index >= 15 is 0 Å². The Hall–Kier alpha value is -0.0831. The van der Waals surface area contributed by atoms with Gasteiger partial charge in [-0.2, -0.15) is 0 Å². The van der Waals surface area contributed by atoms with E-state index in [2.05, 4.69) is 53.4 Å². The van der Waals surface area contributed by atoms with Crippen LogP contribution in [0.1, 0.15) is 34.6 Å². The summed E-state index contributed by atoms with van der Waals surface area (Å²) in [6.45, 7) is 17.6. The average molecular weight is 212 g/mol. The third-order valence-electron chi connectivity index (χ3n) is 4.42. The van der Waals surface area contributed by atoms with Gasteiger partial charge in [0.05, 0.1) is 5.60 Å². The Labute approximate surface area is 89.7 Å². The number of hydrogen-bond acceptors (Lipinski definition) is 1. The first-order valence-corrected chi connectivity index (χ1v) is 8.18. The molecule has 0 aromatic carbocycles. The minimum Gasteiger partial charge on any atom is -0.408 e. The van der Waals surface area contributed by atoms with Gasteiger partial charge in [-0.3, -0.25) is 0 Å². The van der Waals surface area contributed by atoms with E-state index < -0.39 is 8.32 Å². The lowest BCUT2D eigenvalue weighted by Gasteiger charge is -2.55. The van der Waals surface area contributed by atoms with E-state index in [4.69, 9.17) is 4.43 Å². The van der Waals surface area contributed by atoms with Gasteiger partial charge < -0.3 is 4.43 Å². The molecular weight excluding hydrogens is 188 g/mol. The van der Waals surface area contributed by atoms with Gasteiger partial charge in [-0.15, -0.1) is 6.58 Å². The van der Waals surface area contributed by atoms with Crippen LogP contribution in [0.25, 0.3) is 0 Å². The first kappa shape index (κ1) is 12.0. The van der Waals surface area contributed by atoms with Crippen LogP contribution in [0, 0.1) is 11.3 Å². The Bertz CT molecular complexity index is 245. The fraction of sp³-hybridized carbons (Fsp3) is 0.833. The second kappa shape index (κ2) is 3.21. The monoisotopic (exact) mass is 212 g/mol. The fourth-order valence-electron chi connectivity index (χ4n) is 2.34. The molecule has 0 aliphatic carbocycles. The van der Waals surface area contributed by atoms with E-state index in [-0.39, 0.29) is 11.0 Å². The van der Waals surface area contributed by atoms with Gasteiger partial charge in [0, 0.05) is 0 Å². The van der Waals surface area contributed by atoms with Crippen molar-refractivity contribution in [2.75, 3.05) is 0 Å². The normalized spacial score (nSPS) is 40.6. The van der Waals surface area contributed by atoms with E-state index in [9.17, 15) is 0 Å². The highest BCUT2D eigenvalue weighted by molar-refractivity contribution is 6.77. The van der Waals surface area contributed by atoms with Gasteiger partial charge >= 0.3 is 0 Å². The molecule has 0 bridgehead atoms. The number of hydrogen-bond donors (Lipinski definition) is 0.